The summed E-state index contributed by atoms with van der Waals surface area (Å²) in [6.07, 6.45) is 6.85. The average Bonchev–Trinajstić information content (AvgIpc) is 3.13. The highest BCUT2D eigenvalue weighted by Crippen LogP contribution is 2.42. The van der Waals surface area contributed by atoms with E-state index in [4.69, 9.17) is 17.3 Å². The monoisotopic (exact) mass is 665 g/mol. The van der Waals surface area contributed by atoms with E-state index in [0.717, 1.165) is 18.4 Å². The lowest BCUT2D eigenvalue weighted by molar-refractivity contribution is -0.893. The molecule has 3 heterocycles. The zero-order valence-corrected chi connectivity index (χ0v) is 28.4. The Morgan fingerprint density at radius 2 is 1.52 bits per heavy atom. The van der Waals surface area contributed by atoms with Gasteiger partial charge in [0.05, 0.1) is 24.3 Å². The van der Waals surface area contributed by atoms with Crippen LogP contribution in [0.15, 0.2) is 109 Å². The molecule has 250 valence electrons. The van der Waals surface area contributed by atoms with Gasteiger partial charge < -0.3 is 10.8 Å². The van der Waals surface area contributed by atoms with Crippen LogP contribution in [0.2, 0.25) is 5.02 Å². The number of benzene rings is 3. The molecule has 2 saturated heterocycles. The molecule has 0 radical (unpaired) electrons. The molecule has 2 fully saturated rings. The van der Waals surface area contributed by atoms with E-state index in [2.05, 4.69) is 65.3 Å². The fourth-order valence-electron chi connectivity index (χ4n) is 8.16. The molecule has 2 aliphatic rings. The number of carbonyl (C=O) groups is 2. The average molecular weight is 666 g/mol. The van der Waals surface area contributed by atoms with Crippen LogP contribution in [-0.4, -0.2) is 63.6 Å². The molecule has 3 N–H and O–H groups in total. The Balaban J connectivity index is 1.39. The van der Waals surface area contributed by atoms with Gasteiger partial charge in [-0.05, 0) is 60.2 Å². The number of nitrogens with zero attached hydrogens (tertiary/aromatic N) is 3. The second-order valence-electron chi connectivity index (χ2n) is 13.9. The molecule has 1 atom stereocenters. The molecule has 1 aromatic heterocycles. The van der Waals surface area contributed by atoms with E-state index in [1.54, 1.807) is 12.4 Å². The first-order valence-corrected chi connectivity index (χ1v) is 17.5. The molecule has 4 aromatic rings. The summed E-state index contributed by atoms with van der Waals surface area (Å²) in [4.78, 5) is 33.9. The van der Waals surface area contributed by atoms with Crippen molar-refractivity contribution in [3.8, 4) is 0 Å². The van der Waals surface area contributed by atoms with Gasteiger partial charge in [0.25, 0.3) is 0 Å². The number of amides is 2. The maximum atomic E-state index is 14.9. The minimum Gasteiger partial charge on any atom is -0.385 e. The van der Waals surface area contributed by atoms with Gasteiger partial charge in [-0.2, -0.15) is 0 Å². The molecule has 48 heavy (non-hydrogen) atoms. The highest BCUT2D eigenvalue weighted by molar-refractivity contribution is 6.30. The molecule has 1 unspecified atom stereocenters. The second kappa shape index (κ2) is 14.3. The number of carbonyl (C=O) groups excluding carboxylic acids is 2. The molecule has 6 rings (SSSR count). The Labute approximate surface area is 289 Å². The molecule has 3 aromatic carbocycles. The van der Waals surface area contributed by atoms with Gasteiger partial charge in [-0.3, -0.25) is 14.7 Å². The van der Waals surface area contributed by atoms with E-state index in [-0.39, 0.29) is 33.8 Å². The smallest absolute Gasteiger partial charge is 0.348 e. The highest BCUT2D eigenvalue weighted by atomic mass is 35.5. The number of likely N-dealkylation sites (tertiary alicyclic amines) is 2. The first kappa shape index (κ1) is 34.0. The molecular weight excluding hydrogens is 620 g/mol. The third-order valence-corrected chi connectivity index (χ3v) is 11.4. The zero-order valence-electron chi connectivity index (χ0n) is 27.7. The molecule has 0 spiro atoms. The van der Waals surface area contributed by atoms with Crippen molar-refractivity contribution in [1.29, 1.82) is 0 Å². The van der Waals surface area contributed by atoms with Crippen molar-refractivity contribution in [3.63, 3.8) is 0 Å². The van der Waals surface area contributed by atoms with Gasteiger partial charge in [-0.15, -0.1) is 0 Å². The van der Waals surface area contributed by atoms with E-state index < -0.39 is 5.60 Å². The maximum absolute atomic E-state index is 14.9. The summed E-state index contributed by atoms with van der Waals surface area (Å²) < 4.78 is 0.203. The van der Waals surface area contributed by atoms with Crippen molar-refractivity contribution >= 4 is 23.4 Å². The Bertz CT molecular complexity index is 1630. The van der Waals surface area contributed by atoms with E-state index in [0.29, 0.717) is 62.4 Å². The van der Waals surface area contributed by atoms with Crippen LogP contribution in [0.4, 0.5) is 0 Å². The number of quaternary nitrogens is 1. The van der Waals surface area contributed by atoms with Gasteiger partial charge in [0.15, 0.2) is 6.17 Å². The molecule has 7 nitrogen and oxygen atoms in total. The topological polar surface area (TPSA) is 96.5 Å². The number of aliphatic hydroxyl groups is 1. The number of piperidine rings is 2. The maximum Gasteiger partial charge on any atom is 0.348 e. The van der Waals surface area contributed by atoms with Gasteiger partial charge in [0.1, 0.15) is 0 Å². The standard InChI is InChI=1S/C40H45ClN4O3/c1-39(32-10-4-2-5-11-32,33-12-6-3-7-13-33)21-18-36(44-25-22-40(48,23-26-44)34-14-16-35(41)17-15-34)45(27-19-30(20-28-45)37(42)46)38(47)31-9-8-24-43-29-31/h2-17,24,29-30,36,48H,18-23,25-28H2,1H3,(H-,42,46)/p+1. The second-order valence-corrected chi connectivity index (χ2v) is 14.3. The van der Waals surface area contributed by atoms with Gasteiger partial charge >= 0.3 is 5.91 Å². The number of rotatable bonds is 10. The van der Waals surface area contributed by atoms with Crippen LogP contribution in [-0.2, 0) is 15.8 Å². The van der Waals surface area contributed by atoms with Crippen LogP contribution in [0.1, 0.15) is 72.5 Å². The van der Waals surface area contributed by atoms with Crippen molar-refractivity contribution in [2.24, 2.45) is 11.7 Å². The summed E-state index contributed by atoms with van der Waals surface area (Å²) >= 11 is 6.17. The highest BCUT2D eigenvalue weighted by Gasteiger charge is 2.52. The molecular formula is C40H46ClN4O3+. The molecule has 2 aliphatic heterocycles. The van der Waals surface area contributed by atoms with Crippen molar-refractivity contribution in [1.82, 2.24) is 9.88 Å². The normalized spacial score (nSPS) is 22.1. The third-order valence-electron chi connectivity index (χ3n) is 11.2. The molecule has 0 saturated carbocycles. The van der Waals surface area contributed by atoms with Crippen molar-refractivity contribution in [2.45, 2.75) is 62.6 Å². The largest absolute Gasteiger partial charge is 0.385 e. The van der Waals surface area contributed by atoms with Crippen LogP contribution < -0.4 is 5.73 Å². The molecule has 0 aliphatic carbocycles. The quantitative estimate of drug-likeness (QED) is 0.184. The Kier molecular flexibility index (Phi) is 10.1. The number of pyridine rings is 1. The first-order chi connectivity index (χ1) is 23.1. The number of nitrogens with two attached hydrogens (primary N) is 1. The minimum absolute atomic E-state index is 0.0238. The van der Waals surface area contributed by atoms with Crippen molar-refractivity contribution in [3.05, 3.63) is 137 Å². The van der Waals surface area contributed by atoms with E-state index in [1.807, 2.05) is 48.5 Å². The number of aromatic nitrogens is 1. The Hall–Kier alpha value is -3.88. The van der Waals surface area contributed by atoms with Crippen LogP contribution in [0, 0.1) is 5.92 Å². The third kappa shape index (κ3) is 6.83. The van der Waals surface area contributed by atoms with Crippen LogP contribution in [0.25, 0.3) is 0 Å². The van der Waals surface area contributed by atoms with Crippen LogP contribution in [0.5, 0.6) is 0 Å². The summed E-state index contributed by atoms with van der Waals surface area (Å²) in [5.74, 6) is -0.533. The predicted octanol–water partition coefficient (Wildman–Crippen LogP) is 6.68. The lowest BCUT2D eigenvalue weighted by Gasteiger charge is -2.52. The van der Waals surface area contributed by atoms with E-state index in [9.17, 15) is 14.7 Å². The summed E-state index contributed by atoms with van der Waals surface area (Å²) in [7, 11) is 0. The summed E-state index contributed by atoms with van der Waals surface area (Å²) in [6, 6.07) is 32.3. The van der Waals surface area contributed by atoms with Crippen molar-refractivity contribution < 1.29 is 19.2 Å². The molecule has 0 bridgehead atoms. The Morgan fingerprint density at radius 1 is 0.938 bits per heavy atom. The van der Waals surface area contributed by atoms with Gasteiger partial charge in [-0.1, -0.05) is 91.3 Å². The number of hydrogen-bond acceptors (Lipinski definition) is 5. The lowest BCUT2D eigenvalue weighted by atomic mass is 9.72. The number of halogens is 1. The number of hydrogen-bond donors (Lipinski definition) is 2. The predicted molar refractivity (Wildman–Crippen MR) is 189 cm³/mol. The fraction of sp³-hybridized carbons (Fsp3) is 0.375. The lowest BCUT2D eigenvalue weighted by Crippen LogP contribution is -2.69. The first-order valence-electron chi connectivity index (χ1n) is 17.1. The van der Waals surface area contributed by atoms with Crippen molar-refractivity contribution in [2.75, 3.05) is 26.2 Å². The number of primary amides is 1. The SMILES string of the molecule is CC(CCC(N1CCC(O)(c2ccc(Cl)cc2)CC1)[N+]1(C(=O)c2cccnc2)CCC(C(N)=O)CC1)(c1ccccc1)c1ccccc1. The summed E-state index contributed by atoms with van der Waals surface area (Å²) in [5, 5.41) is 12.5. The van der Waals surface area contributed by atoms with Crippen LogP contribution in [0.3, 0.4) is 0 Å². The van der Waals surface area contributed by atoms with Gasteiger partial charge in [-0.25, -0.2) is 9.28 Å². The minimum atomic E-state index is -0.981. The summed E-state index contributed by atoms with van der Waals surface area (Å²) in [5.41, 5.74) is 8.41. The van der Waals surface area contributed by atoms with Gasteiger partial charge in [0.2, 0.25) is 5.91 Å². The van der Waals surface area contributed by atoms with E-state index >= 15 is 0 Å². The van der Waals surface area contributed by atoms with E-state index in [1.165, 1.54) is 11.1 Å². The Morgan fingerprint density at radius 3 is 2.04 bits per heavy atom. The fourth-order valence-corrected chi connectivity index (χ4v) is 8.29. The molecule has 8 heteroatoms. The summed E-state index contributed by atoms with van der Waals surface area (Å²) in [6.45, 7) is 4.57. The van der Waals surface area contributed by atoms with Gasteiger partial charge in [0, 0.05) is 61.1 Å². The molecule has 2 amide bonds. The zero-order chi connectivity index (χ0) is 33.8. The van der Waals surface area contributed by atoms with Crippen LogP contribution >= 0.6 is 11.6 Å².